The molecule has 1 aliphatic carbocycles. The van der Waals surface area contributed by atoms with Gasteiger partial charge in [0.25, 0.3) is 0 Å². The van der Waals surface area contributed by atoms with E-state index in [-0.39, 0.29) is 0 Å². The molecule has 0 fully saturated rings. The Hall–Kier alpha value is -7.63. The predicted octanol–water partition coefficient (Wildman–Crippen LogP) is 13.9. The SMILES string of the molecule is C1=CC(c2ccc(-c3nc(-c4ccccc4)nc(-c4ccc5c(c4)oc4cc(-n6c7ccc8ccccc8c7c7c8ccccc8ccc76)ccc45)n3)cc2)=CCC1. The average molecular weight is 743 g/mol. The molecule has 0 atom stereocenters. The molecule has 3 aromatic heterocycles. The zero-order chi connectivity index (χ0) is 38.2. The van der Waals surface area contributed by atoms with E-state index in [1.807, 2.05) is 30.3 Å². The molecule has 0 amide bonds. The summed E-state index contributed by atoms with van der Waals surface area (Å²) in [5.74, 6) is 1.85. The Bertz CT molecular complexity index is 3410. The lowest BCUT2D eigenvalue weighted by Crippen LogP contribution is -2.00. The van der Waals surface area contributed by atoms with Crippen LogP contribution in [-0.4, -0.2) is 19.5 Å². The lowest BCUT2D eigenvalue weighted by molar-refractivity contribution is 0.668. The standard InChI is InChI=1S/C53H34N4O/c1-3-11-33(12-4-1)34-19-21-38(22-20-34)52-54-51(37-15-5-2-6-16-37)55-53(56-52)39-23-27-43-44-28-26-40(32-48(44)58-47(43)31-39)57-45-29-24-35-13-7-9-17-41(35)49(45)50-42-18-10-8-14-36(42)25-30-46(50)57/h2-3,5-32H,1,4H2. The van der Waals surface area contributed by atoms with Crippen LogP contribution >= 0.6 is 0 Å². The highest BCUT2D eigenvalue weighted by Gasteiger charge is 2.19. The van der Waals surface area contributed by atoms with Crippen LogP contribution in [0.25, 0.3) is 111 Å². The number of rotatable bonds is 5. The Balaban J connectivity index is 0.993. The molecule has 5 nitrogen and oxygen atoms in total. The van der Waals surface area contributed by atoms with E-state index in [4.69, 9.17) is 19.4 Å². The third kappa shape index (κ3) is 5.21. The summed E-state index contributed by atoms with van der Waals surface area (Å²) in [5.41, 5.74) is 10.2. The molecule has 0 aliphatic heterocycles. The van der Waals surface area contributed by atoms with E-state index in [9.17, 15) is 0 Å². The predicted molar refractivity (Wildman–Crippen MR) is 239 cm³/mol. The van der Waals surface area contributed by atoms with Crippen molar-refractivity contribution in [2.45, 2.75) is 12.8 Å². The van der Waals surface area contributed by atoms with Crippen molar-refractivity contribution >= 4 is 70.9 Å². The van der Waals surface area contributed by atoms with Gasteiger partial charge in [-0.05, 0) is 81.9 Å². The van der Waals surface area contributed by atoms with E-state index < -0.39 is 0 Å². The summed E-state index contributed by atoms with van der Waals surface area (Å²) < 4.78 is 9.11. The van der Waals surface area contributed by atoms with Gasteiger partial charge < -0.3 is 8.98 Å². The molecule has 12 rings (SSSR count). The van der Waals surface area contributed by atoms with Crippen molar-refractivity contribution in [3.63, 3.8) is 0 Å². The second kappa shape index (κ2) is 13.0. The van der Waals surface area contributed by atoms with E-state index >= 15 is 0 Å². The van der Waals surface area contributed by atoms with Crippen LogP contribution < -0.4 is 0 Å². The van der Waals surface area contributed by atoms with Crippen LogP contribution in [0.3, 0.4) is 0 Å². The zero-order valence-corrected chi connectivity index (χ0v) is 31.4. The third-order valence-corrected chi connectivity index (χ3v) is 11.7. The summed E-state index contributed by atoms with van der Waals surface area (Å²) >= 11 is 0. The molecule has 11 aromatic rings. The van der Waals surface area contributed by atoms with Gasteiger partial charge in [-0.2, -0.15) is 0 Å². The smallest absolute Gasteiger partial charge is 0.164 e. The summed E-state index contributed by atoms with van der Waals surface area (Å²) in [6.07, 6.45) is 8.90. The number of nitrogens with zero attached hydrogens (tertiary/aromatic N) is 4. The van der Waals surface area contributed by atoms with E-state index in [0.717, 1.165) is 57.2 Å². The molecular formula is C53H34N4O. The van der Waals surface area contributed by atoms with Crippen molar-refractivity contribution in [2.75, 3.05) is 0 Å². The monoisotopic (exact) mass is 742 g/mol. The van der Waals surface area contributed by atoms with Crippen LogP contribution in [-0.2, 0) is 0 Å². The molecule has 0 unspecified atom stereocenters. The highest BCUT2D eigenvalue weighted by molar-refractivity contribution is 6.28. The lowest BCUT2D eigenvalue weighted by atomic mass is 9.98. The van der Waals surface area contributed by atoms with Crippen LogP contribution in [0.2, 0.25) is 0 Å². The maximum absolute atomic E-state index is 6.72. The van der Waals surface area contributed by atoms with Gasteiger partial charge in [0.05, 0.1) is 11.0 Å². The highest BCUT2D eigenvalue weighted by atomic mass is 16.3. The third-order valence-electron chi connectivity index (χ3n) is 11.7. The van der Waals surface area contributed by atoms with E-state index in [0.29, 0.717) is 17.5 Å². The molecular weight excluding hydrogens is 709 g/mol. The van der Waals surface area contributed by atoms with Gasteiger partial charge >= 0.3 is 0 Å². The van der Waals surface area contributed by atoms with Crippen LogP contribution in [0.5, 0.6) is 0 Å². The molecule has 58 heavy (non-hydrogen) atoms. The number of furan rings is 1. The van der Waals surface area contributed by atoms with E-state index in [1.54, 1.807) is 0 Å². The van der Waals surface area contributed by atoms with Gasteiger partial charge in [-0.1, -0.05) is 140 Å². The number of allylic oxidation sites excluding steroid dienone is 4. The Morgan fingerprint density at radius 1 is 0.431 bits per heavy atom. The highest BCUT2D eigenvalue weighted by Crippen LogP contribution is 2.42. The molecule has 0 saturated heterocycles. The van der Waals surface area contributed by atoms with Gasteiger partial charge in [0.2, 0.25) is 0 Å². The molecule has 3 heterocycles. The van der Waals surface area contributed by atoms with Crippen molar-refractivity contribution in [1.29, 1.82) is 0 Å². The Morgan fingerprint density at radius 2 is 0.983 bits per heavy atom. The average Bonchev–Trinajstić information content (AvgIpc) is 3.85. The van der Waals surface area contributed by atoms with E-state index in [1.165, 1.54) is 54.5 Å². The minimum absolute atomic E-state index is 0.596. The molecule has 1 aliphatic rings. The molecule has 0 bridgehead atoms. The van der Waals surface area contributed by atoms with Crippen molar-refractivity contribution < 1.29 is 4.42 Å². The first-order valence-electron chi connectivity index (χ1n) is 19.8. The number of benzene rings is 8. The molecule has 0 radical (unpaired) electrons. The maximum Gasteiger partial charge on any atom is 0.164 e. The van der Waals surface area contributed by atoms with Crippen LogP contribution in [0.15, 0.2) is 186 Å². The number of fused-ring (bicyclic) bond motifs is 10. The fourth-order valence-electron chi connectivity index (χ4n) is 8.86. The molecule has 0 N–H and O–H groups in total. The van der Waals surface area contributed by atoms with Gasteiger partial charge in [-0.3, -0.25) is 0 Å². The number of hydrogen-bond donors (Lipinski definition) is 0. The summed E-state index contributed by atoms with van der Waals surface area (Å²) in [7, 11) is 0. The van der Waals surface area contributed by atoms with Crippen molar-refractivity contribution in [2.24, 2.45) is 0 Å². The molecule has 5 heteroatoms. The quantitative estimate of drug-likeness (QED) is 0.176. The summed E-state index contributed by atoms with van der Waals surface area (Å²) in [4.78, 5) is 15.0. The van der Waals surface area contributed by atoms with Gasteiger partial charge in [-0.25, -0.2) is 15.0 Å². The first kappa shape index (κ1) is 32.6. The van der Waals surface area contributed by atoms with Gasteiger partial charge in [0, 0.05) is 50.0 Å². The summed E-state index contributed by atoms with van der Waals surface area (Å²) in [6, 6.07) is 57.8. The molecule has 0 saturated carbocycles. The first-order valence-corrected chi connectivity index (χ1v) is 19.8. The van der Waals surface area contributed by atoms with E-state index in [2.05, 4.69) is 156 Å². The zero-order valence-electron chi connectivity index (χ0n) is 31.4. The van der Waals surface area contributed by atoms with Crippen LogP contribution in [0, 0.1) is 0 Å². The number of aromatic nitrogens is 4. The Labute approximate surface area is 333 Å². The van der Waals surface area contributed by atoms with Crippen LogP contribution in [0.4, 0.5) is 0 Å². The topological polar surface area (TPSA) is 56.7 Å². The maximum atomic E-state index is 6.72. The van der Waals surface area contributed by atoms with Crippen LogP contribution in [0.1, 0.15) is 18.4 Å². The fourth-order valence-corrected chi connectivity index (χ4v) is 8.86. The minimum atomic E-state index is 0.596. The summed E-state index contributed by atoms with van der Waals surface area (Å²) in [5, 5.41) is 9.60. The van der Waals surface area contributed by atoms with Crippen molar-refractivity contribution in [3.8, 4) is 39.9 Å². The van der Waals surface area contributed by atoms with Gasteiger partial charge in [0.1, 0.15) is 11.2 Å². The molecule has 272 valence electrons. The Morgan fingerprint density at radius 3 is 1.64 bits per heavy atom. The second-order valence-corrected chi connectivity index (χ2v) is 15.1. The second-order valence-electron chi connectivity index (χ2n) is 15.1. The molecule has 0 spiro atoms. The van der Waals surface area contributed by atoms with Crippen molar-refractivity contribution in [3.05, 3.63) is 188 Å². The summed E-state index contributed by atoms with van der Waals surface area (Å²) in [6.45, 7) is 0. The minimum Gasteiger partial charge on any atom is -0.456 e. The van der Waals surface area contributed by atoms with Crippen molar-refractivity contribution in [1.82, 2.24) is 19.5 Å². The molecule has 8 aromatic carbocycles. The number of hydrogen-bond acceptors (Lipinski definition) is 4. The van der Waals surface area contributed by atoms with Gasteiger partial charge in [-0.15, -0.1) is 0 Å². The Kier molecular flexibility index (Phi) is 7.29. The van der Waals surface area contributed by atoms with Gasteiger partial charge in [0.15, 0.2) is 17.5 Å². The largest absolute Gasteiger partial charge is 0.456 e. The lowest BCUT2D eigenvalue weighted by Gasteiger charge is -2.10. The normalized spacial score (nSPS) is 13.1. The fraction of sp³-hybridized carbons (Fsp3) is 0.0377. The first-order chi connectivity index (χ1) is 28.7.